The Balaban J connectivity index is 4.45. The molecule has 0 aliphatic carbocycles. The van der Waals surface area contributed by atoms with E-state index in [1.54, 1.807) is 0 Å². The molecular formula is C45H78O6. The van der Waals surface area contributed by atoms with E-state index in [1.807, 2.05) is 0 Å². The van der Waals surface area contributed by atoms with Crippen LogP contribution in [0.5, 0.6) is 0 Å². The van der Waals surface area contributed by atoms with Crippen LogP contribution in [0.15, 0.2) is 48.6 Å². The Hall–Kier alpha value is -2.63. The average molecular weight is 715 g/mol. The fraction of sp³-hybridized carbons (Fsp3) is 0.756. The number of hydrogen-bond donors (Lipinski definition) is 0. The molecule has 0 N–H and O–H groups in total. The van der Waals surface area contributed by atoms with Gasteiger partial charge >= 0.3 is 17.9 Å². The summed E-state index contributed by atoms with van der Waals surface area (Å²) in [6, 6.07) is 0. The lowest BCUT2D eigenvalue weighted by atomic mass is 10.1. The predicted molar refractivity (Wildman–Crippen MR) is 215 cm³/mol. The van der Waals surface area contributed by atoms with Gasteiger partial charge in [0, 0.05) is 19.3 Å². The first kappa shape index (κ1) is 48.4. The molecule has 1 atom stereocenters. The zero-order chi connectivity index (χ0) is 37.3. The third kappa shape index (κ3) is 38.4. The van der Waals surface area contributed by atoms with E-state index < -0.39 is 6.10 Å². The minimum Gasteiger partial charge on any atom is -0.462 e. The molecule has 0 aliphatic heterocycles. The molecule has 0 radical (unpaired) electrons. The van der Waals surface area contributed by atoms with Gasteiger partial charge in [-0.15, -0.1) is 0 Å². The summed E-state index contributed by atoms with van der Waals surface area (Å²) in [6.45, 7) is 6.45. The number of rotatable bonds is 37. The number of carbonyl (C=O) groups is 3. The van der Waals surface area contributed by atoms with Gasteiger partial charge in [0.05, 0.1) is 0 Å². The predicted octanol–water partition coefficient (Wildman–Crippen LogP) is 13.2. The van der Waals surface area contributed by atoms with Gasteiger partial charge in [-0.3, -0.25) is 14.4 Å². The Kier molecular flexibility index (Phi) is 38.1. The SMILES string of the molecule is CCCC/C=C\C=C/CCCCCC(=O)OC(COC(=O)CCCCCC/C=C\CCCC)COC(=O)CCCCCCC/C=C\CCCCC. The van der Waals surface area contributed by atoms with E-state index in [0.29, 0.717) is 19.3 Å². The van der Waals surface area contributed by atoms with Crippen molar-refractivity contribution in [1.29, 1.82) is 0 Å². The van der Waals surface area contributed by atoms with Crippen molar-refractivity contribution in [2.24, 2.45) is 0 Å². The summed E-state index contributed by atoms with van der Waals surface area (Å²) in [7, 11) is 0. The first-order chi connectivity index (χ1) is 25.0. The van der Waals surface area contributed by atoms with Crippen LogP contribution in [-0.2, 0) is 28.6 Å². The van der Waals surface area contributed by atoms with Crippen molar-refractivity contribution in [3.8, 4) is 0 Å². The molecule has 0 heterocycles. The number of carbonyl (C=O) groups excluding carboxylic acids is 3. The molecule has 0 saturated carbocycles. The molecule has 0 aromatic carbocycles. The molecule has 51 heavy (non-hydrogen) atoms. The summed E-state index contributed by atoms with van der Waals surface area (Å²) in [6.07, 6.45) is 45.2. The monoisotopic (exact) mass is 715 g/mol. The Morgan fingerprint density at radius 2 is 0.725 bits per heavy atom. The maximum atomic E-state index is 12.6. The Labute approximate surface area is 314 Å². The highest BCUT2D eigenvalue weighted by atomic mass is 16.6. The number of esters is 3. The van der Waals surface area contributed by atoms with E-state index in [4.69, 9.17) is 14.2 Å². The highest BCUT2D eigenvalue weighted by molar-refractivity contribution is 5.71. The van der Waals surface area contributed by atoms with Gasteiger partial charge in [-0.2, -0.15) is 0 Å². The Bertz CT molecular complexity index is 918. The van der Waals surface area contributed by atoms with Gasteiger partial charge in [-0.25, -0.2) is 0 Å². The maximum absolute atomic E-state index is 12.6. The second-order valence-electron chi connectivity index (χ2n) is 13.9. The third-order valence-corrected chi connectivity index (χ3v) is 8.80. The summed E-state index contributed by atoms with van der Waals surface area (Å²) in [5.74, 6) is -0.950. The van der Waals surface area contributed by atoms with E-state index >= 15 is 0 Å². The molecule has 0 aromatic rings. The topological polar surface area (TPSA) is 78.9 Å². The van der Waals surface area contributed by atoms with Crippen molar-refractivity contribution in [2.75, 3.05) is 13.2 Å². The van der Waals surface area contributed by atoms with Crippen LogP contribution in [0.2, 0.25) is 0 Å². The lowest BCUT2D eigenvalue weighted by Crippen LogP contribution is -2.30. The number of unbranched alkanes of at least 4 members (excludes halogenated alkanes) is 19. The lowest BCUT2D eigenvalue weighted by Gasteiger charge is -2.18. The second kappa shape index (κ2) is 40.1. The molecule has 0 saturated heterocycles. The molecule has 6 nitrogen and oxygen atoms in total. The van der Waals surface area contributed by atoms with E-state index in [0.717, 1.165) is 96.3 Å². The first-order valence-corrected chi connectivity index (χ1v) is 21.2. The normalized spacial score (nSPS) is 12.5. The van der Waals surface area contributed by atoms with Crippen LogP contribution in [0.3, 0.4) is 0 Å². The summed E-state index contributed by atoms with van der Waals surface area (Å²) < 4.78 is 16.6. The second-order valence-corrected chi connectivity index (χ2v) is 13.9. The minimum absolute atomic E-state index is 0.0925. The fourth-order valence-electron chi connectivity index (χ4n) is 5.51. The standard InChI is InChI=1S/C45H78O6/c1-4-7-10-13-16-19-22-24-26-29-32-35-38-44(47)50-41-42(40-49-43(46)37-34-31-28-25-21-18-15-12-9-6-3)51-45(48)39-36-33-30-27-23-20-17-14-11-8-5-2/h14-20,23,42H,4-13,21-22,24-41H2,1-3H3/b17-14-,18-15-,19-16-,23-20-. The maximum Gasteiger partial charge on any atom is 0.306 e. The third-order valence-electron chi connectivity index (χ3n) is 8.80. The Morgan fingerprint density at radius 1 is 0.392 bits per heavy atom. The van der Waals surface area contributed by atoms with Crippen LogP contribution in [0.4, 0.5) is 0 Å². The molecule has 0 aromatic heterocycles. The van der Waals surface area contributed by atoms with E-state index in [9.17, 15) is 14.4 Å². The summed E-state index contributed by atoms with van der Waals surface area (Å²) in [4.78, 5) is 37.5. The summed E-state index contributed by atoms with van der Waals surface area (Å²) >= 11 is 0. The number of hydrogen-bond acceptors (Lipinski definition) is 6. The molecule has 0 aliphatic rings. The fourth-order valence-corrected chi connectivity index (χ4v) is 5.51. The van der Waals surface area contributed by atoms with Gasteiger partial charge in [-0.1, -0.05) is 146 Å². The van der Waals surface area contributed by atoms with Crippen LogP contribution in [0.1, 0.15) is 201 Å². The number of allylic oxidation sites excluding steroid dienone is 8. The first-order valence-electron chi connectivity index (χ1n) is 21.2. The Morgan fingerprint density at radius 3 is 1.20 bits per heavy atom. The average Bonchev–Trinajstić information content (AvgIpc) is 3.12. The van der Waals surface area contributed by atoms with Crippen molar-refractivity contribution in [2.45, 2.75) is 207 Å². The van der Waals surface area contributed by atoms with Crippen molar-refractivity contribution < 1.29 is 28.6 Å². The largest absolute Gasteiger partial charge is 0.462 e. The molecule has 294 valence electrons. The molecule has 0 bridgehead atoms. The smallest absolute Gasteiger partial charge is 0.306 e. The van der Waals surface area contributed by atoms with Crippen molar-refractivity contribution in [3.63, 3.8) is 0 Å². The van der Waals surface area contributed by atoms with Crippen molar-refractivity contribution in [1.82, 2.24) is 0 Å². The van der Waals surface area contributed by atoms with Crippen molar-refractivity contribution >= 4 is 17.9 Å². The highest BCUT2D eigenvalue weighted by Gasteiger charge is 2.19. The van der Waals surface area contributed by atoms with Gasteiger partial charge in [-0.05, 0) is 83.5 Å². The van der Waals surface area contributed by atoms with Crippen LogP contribution < -0.4 is 0 Å². The minimum atomic E-state index is -0.789. The number of ether oxygens (including phenoxy) is 3. The van der Waals surface area contributed by atoms with Gasteiger partial charge in [0.1, 0.15) is 13.2 Å². The van der Waals surface area contributed by atoms with Crippen LogP contribution in [-0.4, -0.2) is 37.2 Å². The van der Waals surface area contributed by atoms with Crippen LogP contribution in [0, 0.1) is 0 Å². The van der Waals surface area contributed by atoms with Gasteiger partial charge in [0.15, 0.2) is 6.10 Å². The van der Waals surface area contributed by atoms with E-state index in [-0.39, 0.29) is 31.1 Å². The van der Waals surface area contributed by atoms with Crippen LogP contribution in [0.25, 0.3) is 0 Å². The zero-order valence-electron chi connectivity index (χ0n) is 33.4. The van der Waals surface area contributed by atoms with Gasteiger partial charge in [0.2, 0.25) is 0 Å². The van der Waals surface area contributed by atoms with Crippen LogP contribution >= 0.6 is 0 Å². The molecular weight excluding hydrogens is 636 g/mol. The lowest BCUT2D eigenvalue weighted by molar-refractivity contribution is -0.167. The summed E-state index contributed by atoms with van der Waals surface area (Å²) in [5, 5.41) is 0. The molecule has 0 rings (SSSR count). The van der Waals surface area contributed by atoms with Crippen molar-refractivity contribution in [3.05, 3.63) is 48.6 Å². The van der Waals surface area contributed by atoms with E-state index in [1.165, 1.54) is 64.2 Å². The zero-order valence-corrected chi connectivity index (χ0v) is 33.4. The quantitative estimate of drug-likeness (QED) is 0.0209. The molecule has 1 unspecified atom stereocenters. The molecule has 0 fully saturated rings. The summed E-state index contributed by atoms with van der Waals surface area (Å²) in [5.41, 5.74) is 0. The van der Waals surface area contributed by atoms with Gasteiger partial charge < -0.3 is 14.2 Å². The molecule has 0 amide bonds. The van der Waals surface area contributed by atoms with Gasteiger partial charge in [0.25, 0.3) is 0 Å². The molecule has 0 spiro atoms. The van der Waals surface area contributed by atoms with E-state index in [2.05, 4.69) is 69.4 Å². The molecule has 6 heteroatoms. The highest BCUT2D eigenvalue weighted by Crippen LogP contribution is 2.12.